The van der Waals surface area contributed by atoms with Gasteiger partial charge in [0.2, 0.25) is 5.76 Å². The lowest BCUT2D eigenvalue weighted by atomic mass is 10.1. The molecule has 0 bridgehead atoms. The van der Waals surface area contributed by atoms with Gasteiger partial charge in [-0.2, -0.15) is 0 Å². The second-order valence-corrected chi connectivity index (χ2v) is 4.19. The van der Waals surface area contributed by atoms with Gasteiger partial charge in [0.05, 0.1) is 4.92 Å². The molecule has 104 valence electrons. The molecule has 0 aliphatic rings. The monoisotopic (exact) mass is 277 g/mol. The van der Waals surface area contributed by atoms with E-state index in [1.807, 2.05) is 0 Å². The standard InChI is InChI=1S/C13H11NO6/c1-7-6-11(8(2)5-9(7)14(17)18)20-12-4-3-10(19-12)13(15)16/h3-6H,1-2H3,(H,15,16). The minimum absolute atomic E-state index is 0.000481. The lowest BCUT2D eigenvalue weighted by Crippen LogP contribution is -1.95. The molecule has 0 atom stereocenters. The Bertz CT molecular complexity index is 688. The molecule has 0 spiro atoms. The van der Waals surface area contributed by atoms with Crippen LogP contribution in [-0.2, 0) is 0 Å². The highest BCUT2D eigenvalue weighted by Crippen LogP contribution is 2.31. The first-order chi connectivity index (χ1) is 9.38. The maximum atomic E-state index is 10.8. The number of rotatable bonds is 4. The van der Waals surface area contributed by atoms with Gasteiger partial charge < -0.3 is 14.3 Å². The Labute approximate surface area is 113 Å². The van der Waals surface area contributed by atoms with E-state index in [2.05, 4.69) is 0 Å². The van der Waals surface area contributed by atoms with Gasteiger partial charge in [-0.3, -0.25) is 10.1 Å². The van der Waals surface area contributed by atoms with Gasteiger partial charge in [-0.1, -0.05) is 0 Å². The predicted molar refractivity (Wildman–Crippen MR) is 68.3 cm³/mol. The van der Waals surface area contributed by atoms with E-state index in [-0.39, 0.29) is 17.4 Å². The Morgan fingerprint density at radius 2 is 2.00 bits per heavy atom. The number of carboxylic acid groups (broad SMARTS) is 1. The van der Waals surface area contributed by atoms with Gasteiger partial charge in [0, 0.05) is 17.7 Å². The molecule has 1 aromatic heterocycles. The number of nitro groups is 1. The second kappa shape index (κ2) is 5.04. The summed E-state index contributed by atoms with van der Waals surface area (Å²) < 4.78 is 10.4. The molecule has 1 heterocycles. The average molecular weight is 277 g/mol. The van der Waals surface area contributed by atoms with Gasteiger partial charge in [-0.05, 0) is 31.5 Å². The Kier molecular flexibility index (Phi) is 3.43. The molecule has 7 heteroatoms. The maximum Gasteiger partial charge on any atom is 0.371 e. The van der Waals surface area contributed by atoms with Crippen LogP contribution in [0, 0.1) is 24.0 Å². The van der Waals surface area contributed by atoms with Crippen LogP contribution in [0.5, 0.6) is 11.7 Å². The number of furan rings is 1. The zero-order valence-electron chi connectivity index (χ0n) is 10.7. The molecule has 1 N–H and O–H groups in total. The average Bonchev–Trinajstić information content (AvgIpc) is 2.81. The van der Waals surface area contributed by atoms with Crippen molar-refractivity contribution in [1.82, 2.24) is 0 Å². The summed E-state index contributed by atoms with van der Waals surface area (Å²) in [4.78, 5) is 21.0. The highest BCUT2D eigenvalue weighted by Gasteiger charge is 2.16. The topological polar surface area (TPSA) is 103 Å². The molecule has 2 rings (SSSR count). The normalized spacial score (nSPS) is 10.3. The smallest absolute Gasteiger partial charge is 0.371 e. The zero-order chi connectivity index (χ0) is 14.9. The van der Waals surface area contributed by atoms with E-state index in [0.717, 1.165) is 0 Å². The quantitative estimate of drug-likeness (QED) is 0.679. The largest absolute Gasteiger partial charge is 0.475 e. The summed E-state index contributed by atoms with van der Waals surface area (Å²) in [5, 5.41) is 19.5. The fourth-order valence-corrected chi connectivity index (χ4v) is 1.68. The van der Waals surface area contributed by atoms with Crippen LogP contribution in [0.4, 0.5) is 5.69 Å². The SMILES string of the molecule is Cc1cc([N+](=O)[O-])c(C)cc1Oc1ccc(C(=O)O)o1. The summed E-state index contributed by atoms with van der Waals surface area (Å²) in [6, 6.07) is 5.55. The summed E-state index contributed by atoms with van der Waals surface area (Å²) in [6.45, 7) is 3.25. The molecule has 0 fully saturated rings. The van der Waals surface area contributed by atoms with Gasteiger partial charge in [-0.15, -0.1) is 0 Å². The van der Waals surface area contributed by atoms with E-state index in [0.29, 0.717) is 16.9 Å². The summed E-state index contributed by atoms with van der Waals surface area (Å²) in [5.41, 5.74) is 0.997. The number of carbonyl (C=O) groups is 1. The maximum absolute atomic E-state index is 10.8. The third kappa shape index (κ3) is 2.61. The number of carboxylic acids is 1. The van der Waals surface area contributed by atoms with Gasteiger partial charge in [0.25, 0.3) is 11.6 Å². The molecular weight excluding hydrogens is 266 g/mol. The first-order valence-corrected chi connectivity index (χ1v) is 5.65. The number of hydrogen-bond donors (Lipinski definition) is 1. The van der Waals surface area contributed by atoms with E-state index in [1.165, 1.54) is 24.3 Å². The van der Waals surface area contributed by atoms with Crippen molar-refractivity contribution in [1.29, 1.82) is 0 Å². The van der Waals surface area contributed by atoms with Crippen LogP contribution in [0.15, 0.2) is 28.7 Å². The number of nitro benzene ring substituents is 1. The summed E-state index contributed by atoms with van der Waals surface area (Å²) in [7, 11) is 0. The molecule has 0 aliphatic heterocycles. The summed E-state index contributed by atoms with van der Waals surface area (Å²) in [6.07, 6.45) is 0. The Balaban J connectivity index is 2.31. The van der Waals surface area contributed by atoms with Crippen LogP contribution in [-0.4, -0.2) is 16.0 Å². The van der Waals surface area contributed by atoms with Crippen molar-refractivity contribution in [3.05, 3.63) is 51.3 Å². The van der Waals surface area contributed by atoms with E-state index in [4.69, 9.17) is 14.3 Å². The highest BCUT2D eigenvalue weighted by molar-refractivity contribution is 5.84. The highest BCUT2D eigenvalue weighted by atomic mass is 16.6. The molecule has 0 unspecified atom stereocenters. The number of aromatic carboxylic acids is 1. The van der Waals surface area contributed by atoms with Crippen LogP contribution in [0.2, 0.25) is 0 Å². The Hall–Kier alpha value is -2.83. The van der Waals surface area contributed by atoms with Gasteiger partial charge in [0.15, 0.2) is 0 Å². The molecule has 0 saturated carbocycles. The van der Waals surface area contributed by atoms with E-state index in [9.17, 15) is 14.9 Å². The van der Waals surface area contributed by atoms with Crippen LogP contribution in [0.25, 0.3) is 0 Å². The fraction of sp³-hybridized carbons (Fsp3) is 0.154. The van der Waals surface area contributed by atoms with Crippen molar-refractivity contribution in [3.63, 3.8) is 0 Å². The third-order valence-electron chi connectivity index (χ3n) is 2.69. The zero-order valence-corrected chi connectivity index (χ0v) is 10.7. The lowest BCUT2D eigenvalue weighted by molar-refractivity contribution is -0.385. The number of benzene rings is 1. The van der Waals surface area contributed by atoms with Gasteiger partial charge >= 0.3 is 5.97 Å². The molecule has 2 aromatic rings. The summed E-state index contributed by atoms with van der Waals surface area (Å²) in [5.74, 6) is -1.05. The van der Waals surface area contributed by atoms with E-state index < -0.39 is 10.9 Å². The number of nitrogens with zero attached hydrogens (tertiary/aromatic N) is 1. The van der Waals surface area contributed by atoms with Crippen LogP contribution in [0.1, 0.15) is 21.7 Å². The van der Waals surface area contributed by atoms with E-state index in [1.54, 1.807) is 13.8 Å². The van der Waals surface area contributed by atoms with Gasteiger partial charge in [-0.25, -0.2) is 4.79 Å². The van der Waals surface area contributed by atoms with Crippen LogP contribution >= 0.6 is 0 Å². The number of aryl methyl sites for hydroxylation is 2. The van der Waals surface area contributed by atoms with Crippen molar-refractivity contribution in [2.45, 2.75) is 13.8 Å². The Morgan fingerprint density at radius 3 is 2.55 bits per heavy atom. The fourth-order valence-electron chi connectivity index (χ4n) is 1.68. The molecule has 1 aromatic carbocycles. The van der Waals surface area contributed by atoms with Gasteiger partial charge in [0.1, 0.15) is 5.75 Å². The third-order valence-corrected chi connectivity index (χ3v) is 2.69. The van der Waals surface area contributed by atoms with Crippen molar-refractivity contribution < 1.29 is 24.0 Å². The van der Waals surface area contributed by atoms with Crippen molar-refractivity contribution in [2.75, 3.05) is 0 Å². The van der Waals surface area contributed by atoms with Crippen LogP contribution < -0.4 is 4.74 Å². The van der Waals surface area contributed by atoms with Crippen LogP contribution in [0.3, 0.4) is 0 Å². The Morgan fingerprint density at radius 1 is 1.30 bits per heavy atom. The number of ether oxygens (including phenoxy) is 1. The molecule has 7 nitrogen and oxygen atoms in total. The minimum atomic E-state index is -1.20. The second-order valence-electron chi connectivity index (χ2n) is 4.19. The number of hydrogen-bond acceptors (Lipinski definition) is 5. The molecule has 0 saturated heterocycles. The molecule has 0 amide bonds. The molecular formula is C13H11NO6. The molecule has 20 heavy (non-hydrogen) atoms. The lowest BCUT2D eigenvalue weighted by Gasteiger charge is -2.07. The predicted octanol–water partition coefficient (Wildman–Crippen LogP) is 3.30. The van der Waals surface area contributed by atoms with Crippen molar-refractivity contribution >= 4 is 11.7 Å². The first kappa shape index (κ1) is 13.6. The summed E-state index contributed by atoms with van der Waals surface area (Å²) >= 11 is 0. The van der Waals surface area contributed by atoms with Crippen molar-refractivity contribution in [2.24, 2.45) is 0 Å². The molecule has 0 radical (unpaired) electrons. The minimum Gasteiger partial charge on any atom is -0.475 e. The molecule has 0 aliphatic carbocycles. The first-order valence-electron chi connectivity index (χ1n) is 5.65. The van der Waals surface area contributed by atoms with Crippen molar-refractivity contribution in [3.8, 4) is 11.7 Å². The van der Waals surface area contributed by atoms with E-state index >= 15 is 0 Å².